The van der Waals surface area contributed by atoms with E-state index in [9.17, 15) is 5.11 Å². The smallest absolute Gasteiger partial charge is 0.102 e. The fourth-order valence-electron chi connectivity index (χ4n) is 0.947. The first-order valence-electron chi connectivity index (χ1n) is 3.87. The van der Waals surface area contributed by atoms with E-state index in [-0.39, 0.29) is 6.61 Å². The number of benzene rings is 1. The molecule has 0 aliphatic rings. The van der Waals surface area contributed by atoms with Crippen LogP contribution in [0.5, 0.6) is 0 Å². The van der Waals surface area contributed by atoms with Crippen LogP contribution in [0.2, 0.25) is 0 Å². The molecule has 1 unspecified atom stereocenters. The molecule has 1 atom stereocenters. The Morgan fingerprint density at radius 2 is 2.00 bits per heavy atom. The second-order valence-corrected chi connectivity index (χ2v) is 3.49. The molecule has 1 aromatic carbocycles. The molecule has 0 fully saturated rings. The predicted octanol–water partition coefficient (Wildman–Crippen LogP) is 1.37. The fourth-order valence-corrected chi connectivity index (χ4v) is 1.39. The quantitative estimate of drug-likeness (QED) is 0.721. The lowest BCUT2D eigenvalue weighted by Crippen LogP contribution is -2.01. The molecule has 1 rings (SSSR count). The van der Waals surface area contributed by atoms with Gasteiger partial charge in [-0.25, -0.2) is 0 Å². The highest BCUT2D eigenvalue weighted by atomic mass is 32.2. The van der Waals surface area contributed by atoms with Crippen LogP contribution in [-0.4, -0.2) is 23.9 Å². The third kappa shape index (κ3) is 3.00. The van der Waals surface area contributed by atoms with E-state index in [0.717, 1.165) is 4.90 Å². The van der Waals surface area contributed by atoms with Gasteiger partial charge in [-0.05, 0) is 17.7 Å². The molecule has 13 heavy (non-hydrogen) atoms. The molecule has 0 spiro atoms. The minimum absolute atomic E-state index is 0.253. The van der Waals surface area contributed by atoms with Crippen molar-refractivity contribution in [3.05, 3.63) is 29.8 Å². The normalized spacial score (nSPS) is 12.8. The van der Waals surface area contributed by atoms with Crippen molar-refractivity contribution in [2.45, 2.75) is 11.0 Å². The van der Waals surface area contributed by atoms with Gasteiger partial charge in [-0.2, -0.15) is 0 Å². The van der Waals surface area contributed by atoms with Crippen LogP contribution in [0, 0.1) is 0 Å². The average molecular weight is 200 g/mol. The van der Waals surface area contributed by atoms with Gasteiger partial charge in [-0.3, -0.25) is 0 Å². The van der Waals surface area contributed by atoms with Gasteiger partial charge in [-0.1, -0.05) is 12.1 Å². The van der Waals surface area contributed by atoms with Crippen molar-refractivity contribution < 1.29 is 14.4 Å². The van der Waals surface area contributed by atoms with E-state index < -0.39 is 6.10 Å². The van der Waals surface area contributed by atoms with Crippen molar-refractivity contribution in [2.75, 3.05) is 13.7 Å². The standard InChI is InChI=1S/C9H12O3S/c1-12-13-8-4-2-7(3-5-8)9(11)6-10/h2-5,9-11H,6H2,1H3. The highest BCUT2D eigenvalue weighted by Gasteiger charge is 2.04. The molecule has 72 valence electrons. The van der Waals surface area contributed by atoms with Crippen molar-refractivity contribution in [3.63, 3.8) is 0 Å². The van der Waals surface area contributed by atoms with Crippen LogP contribution < -0.4 is 0 Å². The zero-order valence-corrected chi connectivity index (χ0v) is 8.12. The van der Waals surface area contributed by atoms with Crippen molar-refractivity contribution in [1.29, 1.82) is 0 Å². The predicted molar refractivity (Wildman–Crippen MR) is 51.4 cm³/mol. The Bertz CT molecular complexity index is 248. The van der Waals surface area contributed by atoms with E-state index in [1.165, 1.54) is 12.0 Å². The Balaban J connectivity index is 2.69. The van der Waals surface area contributed by atoms with Crippen molar-refractivity contribution in [2.24, 2.45) is 0 Å². The zero-order valence-electron chi connectivity index (χ0n) is 7.30. The van der Waals surface area contributed by atoms with Gasteiger partial charge in [0.15, 0.2) is 0 Å². The number of rotatable bonds is 4. The molecule has 0 amide bonds. The maximum absolute atomic E-state index is 9.26. The summed E-state index contributed by atoms with van der Waals surface area (Å²) in [4.78, 5) is 0.969. The van der Waals surface area contributed by atoms with E-state index in [2.05, 4.69) is 0 Å². The lowest BCUT2D eigenvalue weighted by molar-refractivity contribution is 0.0956. The van der Waals surface area contributed by atoms with Crippen LogP contribution in [0.15, 0.2) is 29.2 Å². The monoisotopic (exact) mass is 200 g/mol. The largest absolute Gasteiger partial charge is 0.393 e. The van der Waals surface area contributed by atoms with Crippen LogP contribution in [-0.2, 0) is 4.18 Å². The molecule has 0 saturated heterocycles. The third-order valence-electron chi connectivity index (χ3n) is 1.62. The third-order valence-corrected chi connectivity index (χ3v) is 2.25. The summed E-state index contributed by atoms with van der Waals surface area (Å²) in [5.74, 6) is 0. The summed E-state index contributed by atoms with van der Waals surface area (Å²) < 4.78 is 4.86. The Hall–Kier alpha value is -0.550. The molecule has 0 heterocycles. The SMILES string of the molecule is COSc1ccc(C(O)CO)cc1. The molecular formula is C9H12O3S. The van der Waals surface area contributed by atoms with Crippen LogP contribution in [0.25, 0.3) is 0 Å². The zero-order chi connectivity index (χ0) is 9.68. The summed E-state index contributed by atoms with van der Waals surface area (Å²) in [5.41, 5.74) is 0.711. The van der Waals surface area contributed by atoms with Gasteiger partial charge < -0.3 is 14.4 Å². The Morgan fingerprint density at radius 1 is 1.38 bits per heavy atom. The lowest BCUT2D eigenvalue weighted by atomic mass is 10.1. The van der Waals surface area contributed by atoms with Crippen LogP contribution in [0.1, 0.15) is 11.7 Å². The highest BCUT2D eigenvalue weighted by Crippen LogP contribution is 2.20. The minimum Gasteiger partial charge on any atom is -0.393 e. The summed E-state index contributed by atoms with van der Waals surface area (Å²) in [7, 11) is 1.60. The maximum Gasteiger partial charge on any atom is 0.102 e. The van der Waals surface area contributed by atoms with Crippen molar-refractivity contribution in [1.82, 2.24) is 0 Å². The molecular weight excluding hydrogens is 188 g/mol. The summed E-state index contributed by atoms with van der Waals surface area (Å²) in [6.45, 7) is -0.253. The summed E-state index contributed by atoms with van der Waals surface area (Å²) in [5, 5.41) is 17.9. The van der Waals surface area contributed by atoms with E-state index in [1.807, 2.05) is 12.1 Å². The number of hydrogen-bond donors (Lipinski definition) is 2. The summed E-state index contributed by atoms with van der Waals surface area (Å²) in [6.07, 6.45) is -0.790. The molecule has 0 aliphatic heterocycles. The van der Waals surface area contributed by atoms with Gasteiger partial charge in [0, 0.05) is 16.9 Å². The number of aliphatic hydroxyl groups excluding tert-OH is 2. The first-order chi connectivity index (χ1) is 6.27. The molecule has 0 saturated carbocycles. The van der Waals surface area contributed by atoms with Gasteiger partial charge in [0.2, 0.25) is 0 Å². The first kappa shape index (κ1) is 10.5. The number of hydrogen-bond acceptors (Lipinski definition) is 4. The van der Waals surface area contributed by atoms with E-state index in [4.69, 9.17) is 9.29 Å². The summed E-state index contributed by atoms with van der Waals surface area (Å²) >= 11 is 1.26. The topological polar surface area (TPSA) is 49.7 Å². The molecule has 1 aromatic rings. The molecule has 0 radical (unpaired) electrons. The molecule has 0 aromatic heterocycles. The molecule has 2 N–H and O–H groups in total. The van der Waals surface area contributed by atoms with E-state index >= 15 is 0 Å². The van der Waals surface area contributed by atoms with Crippen molar-refractivity contribution >= 4 is 12.0 Å². The second kappa shape index (κ2) is 5.24. The average Bonchev–Trinajstić information content (AvgIpc) is 2.18. The fraction of sp³-hybridized carbons (Fsp3) is 0.333. The van der Waals surface area contributed by atoms with Crippen molar-refractivity contribution in [3.8, 4) is 0 Å². The Labute approximate surface area is 81.6 Å². The van der Waals surface area contributed by atoms with Gasteiger partial charge in [-0.15, -0.1) is 0 Å². The highest BCUT2D eigenvalue weighted by molar-refractivity contribution is 7.94. The molecule has 0 bridgehead atoms. The van der Waals surface area contributed by atoms with Gasteiger partial charge in [0.05, 0.1) is 13.7 Å². The first-order valence-corrected chi connectivity index (χ1v) is 4.61. The van der Waals surface area contributed by atoms with Gasteiger partial charge in [0.25, 0.3) is 0 Å². The Morgan fingerprint density at radius 3 is 2.46 bits per heavy atom. The Kier molecular flexibility index (Phi) is 4.24. The van der Waals surface area contributed by atoms with Gasteiger partial charge in [0.1, 0.15) is 6.10 Å². The van der Waals surface area contributed by atoms with E-state index in [0.29, 0.717) is 5.56 Å². The number of aliphatic hydroxyl groups is 2. The van der Waals surface area contributed by atoms with Crippen LogP contribution in [0.4, 0.5) is 0 Å². The lowest BCUT2D eigenvalue weighted by Gasteiger charge is -2.07. The molecule has 3 nitrogen and oxygen atoms in total. The second-order valence-electron chi connectivity index (χ2n) is 2.52. The minimum atomic E-state index is -0.790. The van der Waals surface area contributed by atoms with E-state index in [1.54, 1.807) is 19.2 Å². The van der Waals surface area contributed by atoms with Crippen LogP contribution in [0.3, 0.4) is 0 Å². The van der Waals surface area contributed by atoms with Crippen LogP contribution >= 0.6 is 12.0 Å². The van der Waals surface area contributed by atoms with Gasteiger partial charge >= 0.3 is 0 Å². The maximum atomic E-state index is 9.26. The molecule has 4 heteroatoms. The molecule has 0 aliphatic carbocycles. The summed E-state index contributed by atoms with van der Waals surface area (Å²) in [6, 6.07) is 7.20.